The summed E-state index contributed by atoms with van der Waals surface area (Å²) in [6, 6.07) is 3.73. The highest BCUT2D eigenvalue weighted by molar-refractivity contribution is 6.30. The van der Waals surface area contributed by atoms with Gasteiger partial charge >= 0.3 is 5.97 Å². The van der Waals surface area contributed by atoms with E-state index >= 15 is 0 Å². The number of carbonyl (C=O) groups is 2. The van der Waals surface area contributed by atoms with Crippen LogP contribution < -0.4 is 5.32 Å². The summed E-state index contributed by atoms with van der Waals surface area (Å²) in [5.74, 6) is -2.93. The zero-order chi connectivity index (χ0) is 15.6. The zero-order valence-electron chi connectivity index (χ0n) is 11.6. The number of nitrogens with one attached hydrogen (secondary N) is 1. The fourth-order valence-electron chi connectivity index (χ4n) is 2.90. The maximum absolute atomic E-state index is 13.2. The largest absolute Gasteiger partial charge is 0.481 e. The summed E-state index contributed by atoms with van der Waals surface area (Å²) in [7, 11) is 0. The normalized spacial score (nSPS) is 24.8. The molecule has 0 saturated heterocycles. The second kappa shape index (κ2) is 6.43. The van der Waals surface area contributed by atoms with Gasteiger partial charge in [0.05, 0.1) is 11.8 Å². The van der Waals surface area contributed by atoms with Crippen molar-refractivity contribution < 1.29 is 19.1 Å². The summed E-state index contributed by atoms with van der Waals surface area (Å²) < 4.78 is 13.2. The minimum Gasteiger partial charge on any atom is -0.481 e. The highest BCUT2D eigenvalue weighted by atomic mass is 35.5. The second-order valence-electron chi connectivity index (χ2n) is 5.44. The van der Waals surface area contributed by atoms with Gasteiger partial charge in [-0.2, -0.15) is 0 Å². The molecular weight excluding hydrogens is 297 g/mol. The van der Waals surface area contributed by atoms with Crippen LogP contribution in [0.3, 0.4) is 0 Å². The molecular formula is C15H17ClFNO3. The van der Waals surface area contributed by atoms with Crippen LogP contribution in [0.4, 0.5) is 10.1 Å². The molecule has 3 unspecified atom stereocenters. The van der Waals surface area contributed by atoms with E-state index in [0.29, 0.717) is 12.8 Å². The van der Waals surface area contributed by atoms with Crippen LogP contribution in [0, 0.1) is 23.6 Å². The van der Waals surface area contributed by atoms with Gasteiger partial charge in [0, 0.05) is 10.7 Å². The Kier molecular flexibility index (Phi) is 4.83. The molecule has 1 amide bonds. The molecule has 1 saturated carbocycles. The number of carbonyl (C=O) groups excluding carboxylic acids is 1. The van der Waals surface area contributed by atoms with E-state index in [1.54, 1.807) is 0 Å². The third kappa shape index (κ3) is 3.73. The van der Waals surface area contributed by atoms with E-state index in [1.807, 2.05) is 6.92 Å². The van der Waals surface area contributed by atoms with E-state index in [0.717, 1.165) is 18.6 Å². The lowest BCUT2D eigenvalue weighted by molar-refractivity contribution is -0.145. The molecule has 21 heavy (non-hydrogen) atoms. The summed E-state index contributed by atoms with van der Waals surface area (Å²) in [6.45, 7) is 1.98. The molecule has 0 bridgehead atoms. The maximum atomic E-state index is 13.2. The van der Waals surface area contributed by atoms with Crippen LogP contribution in [-0.4, -0.2) is 17.0 Å². The molecule has 114 valence electrons. The molecule has 1 fully saturated rings. The van der Waals surface area contributed by atoms with Crippen molar-refractivity contribution in [2.45, 2.75) is 26.2 Å². The van der Waals surface area contributed by atoms with E-state index in [1.165, 1.54) is 6.07 Å². The smallest absolute Gasteiger partial charge is 0.307 e. The number of carboxylic acid groups (broad SMARTS) is 1. The Morgan fingerprint density at radius 2 is 2.00 bits per heavy atom. The highest BCUT2D eigenvalue weighted by Gasteiger charge is 2.42. The molecule has 0 aliphatic heterocycles. The highest BCUT2D eigenvalue weighted by Crippen LogP contribution is 2.39. The van der Waals surface area contributed by atoms with Gasteiger partial charge in [-0.05, 0) is 37.0 Å². The van der Waals surface area contributed by atoms with Crippen LogP contribution in [0.2, 0.25) is 5.02 Å². The summed E-state index contributed by atoms with van der Waals surface area (Å²) in [4.78, 5) is 23.6. The standard InChI is InChI=1S/C15H17ClFNO3/c1-2-8-3-12(13(4-8)15(20)21)14(19)18-11-6-9(16)5-10(17)7-11/h5-8,12-13H,2-4H2,1H3,(H,18,19)(H,20,21). The van der Waals surface area contributed by atoms with Crippen LogP contribution >= 0.6 is 11.6 Å². The van der Waals surface area contributed by atoms with Gasteiger partial charge in [-0.15, -0.1) is 0 Å². The Bertz CT molecular complexity index is 544. The van der Waals surface area contributed by atoms with Gasteiger partial charge in [-0.3, -0.25) is 9.59 Å². The van der Waals surface area contributed by atoms with Crippen molar-refractivity contribution in [3.63, 3.8) is 0 Å². The monoisotopic (exact) mass is 313 g/mol. The first-order valence-corrected chi connectivity index (χ1v) is 7.28. The van der Waals surface area contributed by atoms with Gasteiger partial charge in [0.1, 0.15) is 5.82 Å². The number of carboxylic acids is 1. The van der Waals surface area contributed by atoms with Gasteiger partial charge in [-0.1, -0.05) is 24.9 Å². The molecule has 4 nitrogen and oxygen atoms in total. The van der Waals surface area contributed by atoms with Gasteiger partial charge in [0.25, 0.3) is 0 Å². The van der Waals surface area contributed by atoms with Crippen molar-refractivity contribution in [1.29, 1.82) is 0 Å². The van der Waals surface area contributed by atoms with Crippen molar-refractivity contribution in [1.82, 2.24) is 0 Å². The lowest BCUT2D eigenvalue weighted by Gasteiger charge is -2.15. The lowest BCUT2D eigenvalue weighted by Crippen LogP contribution is -2.30. The molecule has 1 aromatic carbocycles. The van der Waals surface area contributed by atoms with E-state index in [-0.39, 0.29) is 22.5 Å². The number of rotatable bonds is 4. The first kappa shape index (κ1) is 15.8. The molecule has 6 heteroatoms. The van der Waals surface area contributed by atoms with Crippen LogP contribution in [-0.2, 0) is 9.59 Å². The predicted molar refractivity (Wildman–Crippen MR) is 77.7 cm³/mol. The predicted octanol–water partition coefficient (Wildman–Crippen LogP) is 3.55. The number of hydrogen-bond acceptors (Lipinski definition) is 2. The van der Waals surface area contributed by atoms with Crippen molar-refractivity contribution in [2.24, 2.45) is 17.8 Å². The number of hydrogen-bond donors (Lipinski definition) is 2. The Morgan fingerprint density at radius 1 is 1.33 bits per heavy atom. The molecule has 1 aromatic rings. The number of benzene rings is 1. The minimum absolute atomic E-state index is 0.179. The summed E-state index contributed by atoms with van der Waals surface area (Å²) in [5.41, 5.74) is 0.245. The first-order valence-electron chi connectivity index (χ1n) is 6.90. The Labute approximate surface area is 127 Å². The molecule has 0 heterocycles. The fraction of sp³-hybridized carbons (Fsp3) is 0.467. The van der Waals surface area contributed by atoms with Gasteiger partial charge < -0.3 is 10.4 Å². The number of aliphatic carboxylic acids is 1. The first-order chi connectivity index (χ1) is 9.90. The second-order valence-corrected chi connectivity index (χ2v) is 5.88. The Morgan fingerprint density at radius 3 is 2.57 bits per heavy atom. The van der Waals surface area contributed by atoms with Crippen LogP contribution in [0.1, 0.15) is 26.2 Å². The third-order valence-electron chi connectivity index (χ3n) is 4.02. The molecule has 1 aliphatic carbocycles. The summed E-state index contributed by atoms with van der Waals surface area (Å²) in [6.07, 6.45) is 1.90. The average molecular weight is 314 g/mol. The van der Waals surface area contributed by atoms with E-state index in [2.05, 4.69) is 5.32 Å². The van der Waals surface area contributed by atoms with E-state index < -0.39 is 23.6 Å². The molecule has 3 atom stereocenters. The third-order valence-corrected chi connectivity index (χ3v) is 4.24. The minimum atomic E-state index is -0.955. The zero-order valence-corrected chi connectivity index (χ0v) is 12.4. The topological polar surface area (TPSA) is 66.4 Å². The molecule has 0 aromatic heterocycles. The lowest BCUT2D eigenvalue weighted by atomic mass is 9.95. The number of halogens is 2. The maximum Gasteiger partial charge on any atom is 0.307 e. The summed E-state index contributed by atoms with van der Waals surface area (Å²) >= 11 is 5.73. The quantitative estimate of drug-likeness (QED) is 0.893. The average Bonchev–Trinajstić information content (AvgIpc) is 2.81. The molecule has 2 rings (SSSR count). The fourth-order valence-corrected chi connectivity index (χ4v) is 3.12. The van der Waals surface area contributed by atoms with Gasteiger partial charge in [0.2, 0.25) is 5.91 Å². The van der Waals surface area contributed by atoms with Crippen LogP contribution in [0.25, 0.3) is 0 Å². The van der Waals surface area contributed by atoms with Gasteiger partial charge in [-0.25, -0.2) is 4.39 Å². The van der Waals surface area contributed by atoms with Crippen molar-refractivity contribution in [3.8, 4) is 0 Å². The van der Waals surface area contributed by atoms with Crippen molar-refractivity contribution in [3.05, 3.63) is 29.0 Å². The Hall–Kier alpha value is -1.62. The van der Waals surface area contributed by atoms with Crippen molar-refractivity contribution in [2.75, 3.05) is 5.32 Å². The van der Waals surface area contributed by atoms with E-state index in [4.69, 9.17) is 11.6 Å². The SMILES string of the molecule is CCC1CC(C(=O)O)C(C(=O)Nc2cc(F)cc(Cl)c2)C1. The van der Waals surface area contributed by atoms with Crippen LogP contribution in [0.5, 0.6) is 0 Å². The van der Waals surface area contributed by atoms with Crippen molar-refractivity contribution >= 4 is 29.2 Å². The Balaban J connectivity index is 2.13. The van der Waals surface area contributed by atoms with E-state index in [9.17, 15) is 19.1 Å². The molecule has 0 spiro atoms. The van der Waals surface area contributed by atoms with Gasteiger partial charge in [0.15, 0.2) is 0 Å². The summed E-state index contributed by atoms with van der Waals surface area (Å²) in [5, 5.41) is 12.0. The molecule has 1 aliphatic rings. The van der Waals surface area contributed by atoms with Crippen LogP contribution in [0.15, 0.2) is 18.2 Å². The molecule has 0 radical (unpaired) electrons. The number of amides is 1. The molecule has 2 N–H and O–H groups in total. The number of anilines is 1.